The molecule has 0 spiro atoms. The second-order valence-electron chi connectivity index (χ2n) is 7.25. The van der Waals surface area contributed by atoms with E-state index in [1.165, 1.54) is 25.7 Å². The molecule has 3 rings (SSSR count). The third-order valence-electron chi connectivity index (χ3n) is 5.07. The van der Waals surface area contributed by atoms with Crippen molar-refractivity contribution < 1.29 is 9.53 Å². The van der Waals surface area contributed by atoms with Crippen LogP contribution in [-0.2, 0) is 6.54 Å². The topological polar surface area (TPSA) is 57.7 Å². The molecule has 2 fully saturated rings. The maximum absolute atomic E-state index is 12.5. The summed E-state index contributed by atoms with van der Waals surface area (Å²) in [4.78, 5) is 21.2. The molecule has 2 amide bonds. The number of amides is 2. The standard InChI is InChI=1S/C19H30N4O2/c1-15(2)25-18-16(6-5-9-20-18)14-21-19(24)23-12-10-22(11-13-23)17-7-3-4-8-17/h5-6,9,15,17H,3-4,7-8,10-14H2,1-2H3,(H,21,24). The van der Waals surface area contributed by atoms with Crippen LogP contribution in [0.5, 0.6) is 5.88 Å². The second kappa shape index (κ2) is 8.52. The van der Waals surface area contributed by atoms with Gasteiger partial charge in [-0.3, -0.25) is 4.90 Å². The maximum Gasteiger partial charge on any atom is 0.317 e. The van der Waals surface area contributed by atoms with E-state index in [0.717, 1.165) is 37.8 Å². The monoisotopic (exact) mass is 346 g/mol. The summed E-state index contributed by atoms with van der Waals surface area (Å²) in [5.41, 5.74) is 0.911. The van der Waals surface area contributed by atoms with Gasteiger partial charge in [0, 0.05) is 50.5 Å². The number of ether oxygens (including phenoxy) is 1. The quantitative estimate of drug-likeness (QED) is 0.890. The molecule has 1 saturated heterocycles. The Kier molecular flexibility index (Phi) is 6.13. The van der Waals surface area contributed by atoms with E-state index >= 15 is 0 Å². The van der Waals surface area contributed by atoms with E-state index < -0.39 is 0 Å². The third-order valence-corrected chi connectivity index (χ3v) is 5.07. The van der Waals surface area contributed by atoms with Crippen LogP contribution in [0.2, 0.25) is 0 Å². The molecule has 2 heterocycles. The molecule has 0 radical (unpaired) electrons. The number of aromatic nitrogens is 1. The molecule has 1 saturated carbocycles. The fraction of sp³-hybridized carbons (Fsp3) is 0.684. The number of carbonyl (C=O) groups excluding carboxylic acids is 1. The van der Waals surface area contributed by atoms with Gasteiger partial charge in [-0.25, -0.2) is 9.78 Å². The number of carbonyl (C=O) groups is 1. The van der Waals surface area contributed by atoms with Crippen LogP contribution in [0.3, 0.4) is 0 Å². The van der Waals surface area contributed by atoms with Crippen LogP contribution < -0.4 is 10.1 Å². The average molecular weight is 346 g/mol. The SMILES string of the molecule is CC(C)Oc1ncccc1CNC(=O)N1CCN(C2CCCC2)CC1. The summed E-state index contributed by atoms with van der Waals surface area (Å²) in [7, 11) is 0. The summed E-state index contributed by atoms with van der Waals surface area (Å²) >= 11 is 0. The van der Waals surface area contributed by atoms with Gasteiger partial charge in [0.25, 0.3) is 0 Å². The summed E-state index contributed by atoms with van der Waals surface area (Å²) < 4.78 is 5.71. The summed E-state index contributed by atoms with van der Waals surface area (Å²) in [6.45, 7) is 7.99. The first-order chi connectivity index (χ1) is 12.1. The highest BCUT2D eigenvalue weighted by molar-refractivity contribution is 5.74. The number of nitrogens with one attached hydrogen (secondary N) is 1. The van der Waals surface area contributed by atoms with Crippen molar-refractivity contribution in [1.29, 1.82) is 0 Å². The average Bonchev–Trinajstić information content (AvgIpc) is 3.15. The van der Waals surface area contributed by atoms with Crippen LogP contribution >= 0.6 is 0 Å². The summed E-state index contributed by atoms with van der Waals surface area (Å²) in [6, 6.07) is 4.57. The Morgan fingerprint density at radius 1 is 1.28 bits per heavy atom. The Hall–Kier alpha value is -1.82. The van der Waals surface area contributed by atoms with E-state index in [0.29, 0.717) is 12.4 Å². The lowest BCUT2D eigenvalue weighted by Crippen LogP contribution is -2.53. The van der Waals surface area contributed by atoms with E-state index in [2.05, 4.69) is 15.2 Å². The van der Waals surface area contributed by atoms with Crippen molar-refractivity contribution in [3.63, 3.8) is 0 Å². The number of nitrogens with zero attached hydrogens (tertiary/aromatic N) is 3. The van der Waals surface area contributed by atoms with Crippen LogP contribution in [0.15, 0.2) is 18.3 Å². The summed E-state index contributed by atoms with van der Waals surface area (Å²) in [6.07, 6.45) is 7.14. The van der Waals surface area contributed by atoms with E-state index in [4.69, 9.17) is 4.74 Å². The molecule has 1 aliphatic carbocycles. The minimum atomic E-state index is 0.00502. The number of rotatable bonds is 5. The highest BCUT2D eigenvalue weighted by Gasteiger charge is 2.27. The van der Waals surface area contributed by atoms with Gasteiger partial charge in [0.15, 0.2) is 0 Å². The van der Waals surface area contributed by atoms with Crippen molar-refractivity contribution in [3.8, 4) is 5.88 Å². The zero-order valence-electron chi connectivity index (χ0n) is 15.4. The number of piperazine rings is 1. The Morgan fingerprint density at radius 2 is 2.00 bits per heavy atom. The molecule has 25 heavy (non-hydrogen) atoms. The smallest absolute Gasteiger partial charge is 0.317 e. The second-order valence-corrected chi connectivity index (χ2v) is 7.25. The van der Waals surface area contributed by atoms with Gasteiger partial charge in [0.05, 0.1) is 6.10 Å². The van der Waals surface area contributed by atoms with Crippen molar-refractivity contribution >= 4 is 6.03 Å². The largest absolute Gasteiger partial charge is 0.475 e. The normalized spacial score (nSPS) is 19.4. The molecular weight excluding hydrogens is 316 g/mol. The predicted octanol–water partition coefficient (Wildman–Crippen LogP) is 2.64. The molecule has 1 aromatic rings. The highest BCUT2D eigenvalue weighted by atomic mass is 16.5. The lowest BCUT2D eigenvalue weighted by Gasteiger charge is -2.38. The van der Waals surface area contributed by atoms with E-state index in [9.17, 15) is 4.79 Å². The Morgan fingerprint density at radius 3 is 2.68 bits per heavy atom. The third kappa shape index (κ3) is 4.84. The number of urea groups is 1. The van der Waals surface area contributed by atoms with Crippen molar-refractivity contribution in [3.05, 3.63) is 23.9 Å². The number of hydrogen-bond acceptors (Lipinski definition) is 4. The zero-order chi connectivity index (χ0) is 17.6. The Labute approximate surface area is 150 Å². The molecule has 2 aliphatic rings. The first-order valence-corrected chi connectivity index (χ1v) is 9.51. The van der Waals surface area contributed by atoms with Crippen molar-refractivity contribution in [2.45, 2.75) is 58.2 Å². The maximum atomic E-state index is 12.5. The van der Waals surface area contributed by atoms with Crippen LogP contribution in [-0.4, -0.2) is 59.1 Å². The molecular formula is C19H30N4O2. The summed E-state index contributed by atoms with van der Waals surface area (Å²) in [5.74, 6) is 0.601. The molecule has 1 aliphatic heterocycles. The van der Waals surface area contributed by atoms with Gasteiger partial charge in [-0.1, -0.05) is 18.9 Å². The van der Waals surface area contributed by atoms with Crippen LogP contribution in [0, 0.1) is 0 Å². The zero-order valence-corrected chi connectivity index (χ0v) is 15.4. The van der Waals surface area contributed by atoms with Crippen LogP contribution in [0.25, 0.3) is 0 Å². The van der Waals surface area contributed by atoms with Gasteiger partial charge in [0.1, 0.15) is 0 Å². The van der Waals surface area contributed by atoms with E-state index in [1.54, 1.807) is 6.20 Å². The fourth-order valence-corrected chi connectivity index (χ4v) is 3.73. The molecule has 6 heteroatoms. The molecule has 0 unspecified atom stereocenters. The molecule has 6 nitrogen and oxygen atoms in total. The van der Waals surface area contributed by atoms with Crippen molar-refractivity contribution in [2.75, 3.05) is 26.2 Å². The fourth-order valence-electron chi connectivity index (χ4n) is 3.73. The van der Waals surface area contributed by atoms with Gasteiger partial charge in [-0.05, 0) is 32.8 Å². The predicted molar refractivity (Wildman–Crippen MR) is 97.6 cm³/mol. The van der Waals surface area contributed by atoms with Gasteiger partial charge in [0.2, 0.25) is 5.88 Å². The summed E-state index contributed by atoms with van der Waals surface area (Å²) in [5, 5.41) is 3.02. The molecule has 0 atom stereocenters. The van der Waals surface area contributed by atoms with Crippen LogP contribution in [0.4, 0.5) is 4.79 Å². The van der Waals surface area contributed by atoms with Gasteiger partial charge in [-0.2, -0.15) is 0 Å². The molecule has 0 bridgehead atoms. The Balaban J connectivity index is 1.47. The first kappa shape index (κ1) is 18.0. The highest BCUT2D eigenvalue weighted by Crippen LogP contribution is 2.24. The van der Waals surface area contributed by atoms with Crippen molar-refractivity contribution in [2.24, 2.45) is 0 Å². The minimum absolute atomic E-state index is 0.00502. The van der Waals surface area contributed by atoms with Gasteiger partial charge < -0.3 is 15.0 Å². The van der Waals surface area contributed by atoms with Gasteiger partial charge in [-0.15, -0.1) is 0 Å². The lowest BCUT2D eigenvalue weighted by atomic mass is 10.2. The number of pyridine rings is 1. The number of hydrogen-bond donors (Lipinski definition) is 1. The molecule has 0 aromatic carbocycles. The molecule has 1 N–H and O–H groups in total. The van der Waals surface area contributed by atoms with E-state index in [1.807, 2.05) is 30.9 Å². The van der Waals surface area contributed by atoms with Gasteiger partial charge >= 0.3 is 6.03 Å². The van der Waals surface area contributed by atoms with Crippen LogP contribution in [0.1, 0.15) is 45.1 Å². The molecule has 138 valence electrons. The lowest BCUT2D eigenvalue weighted by molar-refractivity contribution is 0.109. The van der Waals surface area contributed by atoms with E-state index in [-0.39, 0.29) is 12.1 Å². The minimum Gasteiger partial charge on any atom is -0.475 e. The Bertz CT molecular complexity index is 564. The van der Waals surface area contributed by atoms with Crippen molar-refractivity contribution in [1.82, 2.24) is 20.1 Å². The first-order valence-electron chi connectivity index (χ1n) is 9.51. The molecule has 1 aromatic heterocycles.